The molecule has 0 saturated carbocycles. The predicted molar refractivity (Wildman–Crippen MR) is 52.3 cm³/mol. The Morgan fingerprint density at radius 2 is 1.25 bits per heavy atom. The Kier molecular flexibility index (Phi) is 2.90. The second-order valence-electron chi connectivity index (χ2n) is 3.14. The average Bonchev–Trinajstić information content (AvgIpc) is 2.37. The van der Waals surface area contributed by atoms with Gasteiger partial charge in [0.15, 0.2) is 12.4 Å². The summed E-state index contributed by atoms with van der Waals surface area (Å²) in [4.78, 5) is 0. The van der Waals surface area contributed by atoms with Gasteiger partial charge in [0.1, 0.15) is 5.48 Å². The summed E-state index contributed by atoms with van der Waals surface area (Å²) in [6, 6.07) is 10.6. The Morgan fingerprint density at radius 3 is 1.69 bits per heavy atom. The highest BCUT2D eigenvalue weighted by atomic mass is 79.9. The smallest absolute Gasteiger partial charge is 0.277 e. The number of hydrogen-bond acceptors (Lipinski definition) is 0. The zero-order valence-electron chi connectivity index (χ0n) is 12.3. The van der Waals surface area contributed by atoms with Gasteiger partial charge in [-0.15, -0.1) is 0 Å². The van der Waals surface area contributed by atoms with E-state index in [0.29, 0.717) is 11.4 Å². The van der Waals surface area contributed by atoms with E-state index in [2.05, 4.69) is 0 Å². The third kappa shape index (κ3) is 2.18. The molecule has 0 atom stereocenters. The van der Waals surface area contributed by atoms with Gasteiger partial charge in [0.05, 0.1) is 0 Å². The van der Waals surface area contributed by atoms with Crippen LogP contribution in [0.1, 0.15) is 5.48 Å². The zero-order valence-corrected chi connectivity index (χ0v) is 11.4. The topological polar surface area (TPSA) is 7.76 Å². The maximum Gasteiger partial charge on any atom is 0.277 e. The van der Waals surface area contributed by atoms with Gasteiger partial charge in [-0.25, -0.2) is 0 Å². The van der Waals surface area contributed by atoms with Crippen molar-refractivity contribution in [3.8, 4) is 11.4 Å². The van der Waals surface area contributed by atoms with E-state index in [9.17, 15) is 0 Å². The van der Waals surface area contributed by atoms with Crippen molar-refractivity contribution in [3.05, 3.63) is 48.8 Å². The van der Waals surface area contributed by atoms with Crippen LogP contribution in [0, 0.1) is 0 Å². The van der Waals surface area contributed by atoms with Crippen molar-refractivity contribution in [3.63, 3.8) is 0 Å². The fraction of sp³-hybridized carbons (Fsp3) is 0.167. The van der Waals surface area contributed by atoms with Crippen LogP contribution in [0.2, 0.25) is 0 Å². The molecule has 0 aromatic carbocycles. The molecule has 1 aliphatic rings. The maximum atomic E-state index is 8.08. The van der Waals surface area contributed by atoms with Crippen molar-refractivity contribution in [2.45, 2.75) is 13.0 Å². The van der Waals surface area contributed by atoms with Crippen LogP contribution in [0.4, 0.5) is 0 Å². The van der Waals surface area contributed by atoms with Gasteiger partial charge < -0.3 is 34.0 Å². The van der Waals surface area contributed by atoms with E-state index < -0.39 is 13.0 Å². The molecule has 0 N–H and O–H groups in total. The molecule has 0 radical (unpaired) electrons. The van der Waals surface area contributed by atoms with Crippen molar-refractivity contribution in [2.24, 2.45) is 0 Å². The molecule has 3 heterocycles. The van der Waals surface area contributed by atoms with Crippen LogP contribution >= 0.6 is 0 Å². The number of rotatable bonds is 0. The molecule has 0 fully saturated rings. The molecular formula is C12H12Br2N2. The van der Waals surface area contributed by atoms with Crippen molar-refractivity contribution < 1.29 is 48.6 Å². The lowest BCUT2D eigenvalue weighted by atomic mass is 10.2. The summed E-state index contributed by atoms with van der Waals surface area (Å²) in [6.45, 7) is -4.27. The highest BCUT2D eigenvalue weighted by Gasteiger charge is 2.27. The van der Waals surface area contributed by atoms with Gasteiger partial charge in [0.2, 0.25) is 13.0 Å². The molecule has 4 heteroatoms. The van der Waals surface area contributed by atoms with Gasteiger partial charge >= 0.3 is 0 Å². The summed E-state index contributed by atoms with van der Waals surface area (Å²) >= 11 is 0. The molecule has 0 bridgehead atoms. The van der Waals surface area contributed by atoms with E-state index in [1.807, 2.05) is 12.1 Å². The minimum atomic E-state index is -2.14. The first kappa shape index (κ1) is 8.37. The minimum absolute atomic E-state index is 0. The molecule has 2 aromatic heterocycles. The average molecular weight is 348 g/mol. The van der Waals surface area contributed by atoms with Crippen LogP contribution in [0.5, 0.6) is 0 Å². The summed E-state index contributed by atoms with van der Waals surface area (Å²) in [6.07, 6.45) is 3.15. The summed E-state index contributed by atoms with van der Waals surface area (Å²) in [5, 5.41) is 0. The molecule has 3 rings (SSSR count). The lowest BCUT2D eigenvalue weighted by Crippen LogP contribution is -3.00. The third-order valence-corrected chi connectivity index (χ3v) is 2.27. The fourth-order valence-electron chi connectivity index (χ4n) is 1.61. The fourth-order valence-corrected chi connectivity index (χ4v) is 1.61. The number of hydrogen-bond donors (Lipinski definition) is 0. The summed E-state index contributed by atoms with van der Waals surface area (Å²) in [7, 11) is 0. The molecular weight excluding hydrogens is 332 g/mol. The van der Waals surface area contributed by atoms with E-state index in [0.717, 1.165) is 0 Å². The van der Waals surface area contributed by atoms with Crippen LogP contribution in [0.25, 0.3) is 11.4 Å². The second-order valence-corrected chi connectivity index (χ2v) is 3.14. The molecule has 84 valence electrons. The van der Waals surface area contributed by atoms with Crippen LogP contribution in [0.15, 0.2) is 48.8 Å². The lowest BCUT2D eigenvalue weighted by Gasteiger charge is -2.08. The molecule has 0 saturated heterocycles. The summed E-state index contributed by atoms with van der Waals surface area (Å²) in [5.41, 5.74) is 1.33. The number of nitrogens with zero attached hydrogens (tertiary/aromatic N) is 2. The highest BCUT2D eigenvalue weighted by Crippen LogP contribution is 2.11. The normalized spacial score (nSPS) is 21.5. The number of halogens is 2. The van der Waals surface area contributed by atoms with Crippen molar-refractivity contribution in [2.75, 3.05) is 0 Å². The van der Waals surface area contributed by atoms with E-state index in [1.54, 1.807) is 36.7 Å². The molecule has 16 heavy (non-hydrogen) atoms. The summed E-state index contributed by atoms with van der Waals surface area (Å²) in [5.74, 6) is 0. The third-order valence-electron chi connectivity index (χ3n) is 2.27. The summed E-state index contributed by atoms with van der Waals surface area (Å²) < 4.78 is 35.0. The highest BCUT2D eigenvalue weighted by molar-refractivity contribution is 5.46. The monoisotopic (exact) mass is 346 g/mol. The first-order chi connectivity index (χ1) is 8.46. The molecule has 0 unspecified atom stereocenters. The van der Waals surface area contributed by atoms with Crippen LogP contribution in [0.3, 0.4) is 0 Å². The van der Waals surface area contributed by atoms with Crippen molar-refractivity contribution >= 4 is 0 Å². The van der Waals surface area contributed by atoms with Gasteiger partial charge in [0, 0.05) is 24.3 Å². The molecule has 0 amide bonds. The molecule has 0 aliphatic carbocycles. The lowest BCUT2D eigenvalue weighted by molar-refractivity contribution is -0.794. The molecule has 1 aliphatic heterocycles. The van der Waals surface area contributed by atoms with E-state index in [1.165, 1.54) is 9.13 Å². The Morgan fingerprint density at radius 1 is 0.812 bits per heavy atom. The van der Waals surface area contributed by atoms with E-state index >= 15 is 0 Å². The molecule has 2 nitrogen and oxygen atoms in total. The second kappa shape index (κ2) is 5.55. The number of pyridine rings is 2. The first-order valence-electron chi connectivity index (χ1n) is 6.49. The van der Waals surface area contributed by atoms with Gasteiger partial charge in [-0.2, -0.15) is 9.13 Å². The minimum Gasteiger partial charge on any atom is -1.00 e. The van der Waals surface area contributed by atoms with Gasteiger partial charge in [-0.3, -0.25) is 0 Å². The Hall–Kier alpha value is -0.740. The van der Waals surface area contributed by atoms with Crippen LogP contribution in [-0.2, 0) is 13.0 Å². The van der Waals surface area contributed by atoms with Crippen molar-refractivity contribution in [1.82, 2.24) is 0 Å². The molecule has 2 aromatic rings. The maximum absolute atomic E-state index is 8.08. The standard InChI is InChI=1S/C12H12N2.2BrH/c1-3-7-13-9-10-14-8-4-2-6-12(14)11(13)5-1;;/h1-8H,9-10H2;2*1H/q+2;;/p-2/i9D2,10D2;;. The number of aryl methyl sites for hydroxylation is 2. The Labute approximate surface area is 122 Å². The van der Waals surface area contributed by atoms with E-state index in [4.69, 9.17) is 5.48 Å². The van der Waals surface area contributed by atoms with Gasteiger partial charge in [0.25, 0.3) is 11.4 Å². The van der Waals surface area contributed by atoms with Gasteiger partial charge in [-0.05, 0) is 12.1 Å². The number of aromatic nitrogens is 2. The van der Waals surface area contributed by atoms with Crippen molar-refractivity contribution in [1.29, 1.82) is 0 Å². The quantitative estimate of drug-likeness (QED) is 0.421. The molecule has 0 spiro atoms. The SMILES string of the molecule is [2H]C1([2H])[n+]2ccccc2-c2cccc[n+]2C1([2H])[2H].[Br-].[Br-]. The Balaban J connectivity index is 0.000001000. The number of fused-ring (bicyclic) bond motifs is 3. The largest absolute Gasteiger partial charge is 1.00 e. The predicted octanol–water partition coefficient (Wildman–Crippen LogP) is -5.05. The van der Waals surface area contributed by atoms with Crippen LogP contribution in [-0.4, -0.2) is 0 Å². The zero-order chi connectivity index (χ0) is 13.0. The van der Waals surface area contributed by atoms with Gasteiger partial charge in [-0.1, -0.05) is 0 Å². The van der Waals surface area contributed by atoms with E-state index in [-0.39, 0.29) is 34.0 Å². The first-order valence-corrected chi connectivity index (χ1v) is 4.49. The van der Waals surface area contributed by atoms with Crippen LogP contribution < -0.4 is 43.1 Å². The Bertz CT molecular complexity index is 579.